The fourth-order valence-corrected chi connectivity index (χ4v) is 4.73. The third-order valence-corrected chi connectivity index (χ3v) is 6.09. The number of hydrogen-bond acceptors (Lipinski definition) is 6. The molecule has 2 fully saturated rings. The topological polar surface area (TPSA) is 93.1 Å². The van der Waals surface area contributed by atoms with Crippen LogP contribution in [0.15, 0.2) is 35.5 Å². The Morgan fingerprint density at radius 2 is 2.08 bits per heavy atom. The van der Waals surface area contributed by atoms with Crippen LogP contribution in [0.3, 0.4) is 0 Å². The van der Waals surface area contributed by atoms with Gasteiger partial charge in [-0.05, 0) is 27.2 Å². The molecule has 1 saturated carbocycles. The lowest BCUT2D eigenvalue weighted by Crippen LogP contribution is -2.65. The van der Waals surface area contributed by atoms with E-state index in [-0.39, 0.29) is 11.5 Å². The molecule has 1 saturated heterocycles. The minimum Gasteiger partial charge on any atom is -0.458 e. The van der Waals surface area contributed by atoms with Gasteiger partial charge in [-0.25, -0.2) is 9.59 Å². The number of hydrogen-bond donors (Lipinski definition) is 2. The summed E-state index contributed by atoms with van der Waals surface area (Å²) in [6.45, 7) is 11.0. The maximum Gasteiger partial charge on any atom is 0.334 e. The van der Waals surface area contributed by atoms with E-state index in [2.05, 4.69) is 6.58 Å². The summed E-state index contributed by atoms with van der Waals surface area (Å²) >= 11 is 0. The first-order chi connectivity index (χ1) is 12.1. The SMILES string of the molecule is C=C1C(=O)OC2C1C(OC(=O)C=C(C)C)C(O)C1(C)C(O)CC=C(C)C21. The zero-order chi connectivity index (χ0) is 19.4. The molecular formula is C20H26O6. The van der Waals surface area contributed by atoms with Gasteiger partial charge in [0.25, 0.3) is 0 Å². The molecule has 7 atom stereocenters. The van der Waals surface area contributed by atoms with Crippen LogP contribution in [-0.4, -0.2) is 46.6 Å². The highest BCUT2D eigenvalue weighted by molar-refractivity contribution is 5.91. The number of aliphatic hydroxyl groups is 2. The van der Waals surface area contributed by atoms with Gasteiger partial charge in [-0.15, -0.1) is 0 Å². The molecule has 6 heteroatoms. The molecule has 3 aliphatic rings. The molecule has 0 bridgehead atoms. The van der Waals surface area contributed by atoms with Gasteiger partial charge in [-0.3, -0.25) is 0 Å². The van der Waals surface area contributed by atoms with Gasteiger partial charge >= 0.3 is 11.9 Å². The maximum atomic E-state index is 12.2. The van der Waals surface area contributed by atoms with Crippen LogP contribution in [0, 0.1) is 17.3 Å². The number of rotatable bonds is 2. The van der Waals surface area contributed by atoms with Crippen LogP contribution in [0.25, 0.3) is 0 Å². The van der Waals surface area contributed by atoms with Crippen LogP contribution in [0.4, 0.5) is 0 Å². The van der Waals surface area contributed by atoms with Gasteiger partial charge in [-0.2, -0.15) is 0 Å². The summed E-state index contributed by atoms with van der Waals surface area (Å²) < 4.78 is 11.1. The summed E-state index contributed by atoms with van der Waals surface area (Å²) in [5.74, 6) is -2.15. The molecule has 6 nitrogen and oxygen atoms in total. The van der Waals surface area contributed by atoms with Crippen molar-refractivity contribution in [2.75, 3.05) is 0 Å². The maximum absolute atomic E-state index is 12.2. The van der Waals surface area contributed by atoms with E-state index in [4.69, 9.17) is 9.47 Å². The summed E-state index contributed by atoms with van der Waals surface area (Å²) in [7, 11) is 0. The second-order valence-corrected chi connectivity index (χ2v) is 8.03. The van der Waals surface area contributed by atoms with Gasteiger partial charge in [0.1, 0.15) is 18.3 Å². The second-order valence-electron chi connectivity index (χ2n) is 8.03. The Balaban J connectivity index is 2.07. The number of esters is 2. The molecule has 0 amide bonds. The molecule has 7 unspecified atom stereocenters. The first kappa shape index (κ1) is 18.9. The lowest BCUT2D eigenvalue weighted by atomic mass is 9.53. The van der Waals surface area contributed by atoms with E-state index >= 15 is 0 Å². The molecule has 0 radical (unpaired) electrons. The first-order valence-electron chi connectivity index (χ1n) is 8.87. The Kier molecular flexibility index (Phi) is 4.61. The molecule has 2 N–H and O–H groups in total. The van der Waals surface area contributed by atoms with Gasteiger partial charge in [0.05, 0.1) is 12.0 Å². The molecule has 1 aliphatic heterocycles. The van der Waals surface area contributed by atoms with E-state index in [1.165, 1.54) is 6.08 Å². The number of aliphatic hydroxyl groups excluding tert-OH is 2. The lowest BCUT2D eigenvalue weighted by Gasteiger charge is -2.56. The number of carbonyl (C=O) groups is 2. The number of allylic oxidation sites excluding steroid dienone is 1. The summed E-state index contributed by atoms with van der Waals surface area (Å²) in [4.78, 5) is 24.4. The smallest absolute Gasteiger partial charge is 0.334 e. The average molecular weight is 362 g/mol. The number of fused-ring (bicyclic) bond motifs is 3. The van der Waals surface area contributed by atoms with Crippen molar-refractivity contribution in [3.8, 4) is 0 Å². The molecule has 0 aromatic carbocycles. The molecule has 0 spiro atoms. The van der Waals surface area contributed by atoms with E-state index < -0.39 is 47.7 Å². The van der Waals surface area contributed by atoms with E-state index in [0.29, 0.717) is 6.42 Å². The Bertz CT molecular complexity index is 716. The minimum absolute atomic E-state index is 0.193. The van der Waals surface area contributed by atoms with Gasteiger partial charge in [0.15, 0.2) is 0 Å². The lowest BCUT2D eigenvalue weighted by molar-refractivity contribution is -0.216. The number of carbonyl (C=O) groups excluding carboxylic acids is 2. The van der Waals surface area contributed by atoms with Crippen molar-refractivity contribution in [1.82, 2.24) is 0 Å². The van der Waals surface area contributed by atoms with Crippen LogP contribution in [0.5, 0.6) is 0 Å². The second kappa shape index (κ2) is 6.35. The van der Waals surface area contributed by atoms with Crippen molar-refractivity contribution >= 4 is 11.9 Å². The van der Waals surface area contributed by atoms with Gasteiger partial charge < -0.3 is 19.7 Å². The average Bonchev–Trinajstić information content (AvgIpc) is 2.82. The standard InChI is InChI=1S/C20H26O6/c1-9(2)8-13(22)25-17-14-11(4)19(24)26-16(14)15-10(3)6-7-12(21)20(15,5)18(17)23/h6,8,12,14-18,21,23H,4,7H2,1-3,5H3. The largest absolute Gasteiger partial charge is 0.458 e. The van der Waals surface area contributed by atoms with Crippen molar-refractivity contribution in [1.29, 1.82) is 0 Å². The summed E-state index contributed by atoms with van der Waals surface area (Å²) in [5.41, 5.74) is 0.901. The fourth-order valence-electron chi connectivity index (χ4n) is 4.73. The molecule has 0 aromatic heterocycles. The molecule has 2 aliphatic carbocycles. The van der Waals surface area contributed by atoms with Gasteiger partial charge in [0, 0.05) is 23.0 Å². The van der Waals surface area contributed by atoms with E-state index in [9.17, 15) is 19.8 Å². The van der Waals surface area contributed by atoms with Gasteiger partial charge in [0.2, 0.25) is 0 Å². The molecule has 0 aromatic rings. The van der Waals surface area contributed by atoms with Crippen LogP contribution >= 0.6 is 0 Å². The van der Waals surface area contributed by atoms with Crippen LogP contribution in [0.1, 0.15) is 34.1 Å². The fraction of sp³-hybridized carbons (Fsp3) is 0.600. The van der Waals surface area contributed by atoms with Gasteiger partial charge in [-0.1, -0.05) is 30.7 Å². The Morgan fingerprint density at radius 1 is 1.42 bits per heavy atom. The van der Waals surface area contributed by atoms with Crippen LogP contribution < -0.4 is 0 Å². The Morgan fingerprint density at radius 3 is 2.69 bits per heavy atom. The summed E-state index contributed by atoms with van der Waals surface area (Å²) in [6.07, 6.45) is -0.0123. The normalized spacial score (nSPS) is 41.5. The quantitative estimate of drug-likeness (QED) is 0.441. The monoisotopic (exact) mass is 362 g/mol. The van der Waals surface area contributed by atoms with Crippen molar-refractivity contribution < 1.29 is 29.3 Å². The zero-order valence-corrected chi connectivity index (χ0v) is 15.6. The van der Waals surface area contributed by atoms with Crippen LogP contribution in [-0.2, 0) is 19.1 Å². The third-order valence-electron chi connectivity index (χ3n) is 6.09. The number of ether oxygens (including phenoxy) is 2. The molecule has 3 rings (SSSR count). The van der Waals surface area contributed by atoms with Crippen molar-refractivity contribution in [2.24, 2.45) is 17.3 Å². The molecule has 26 heavy (non-hydrogen) atoms. The minimum atomic E-state index is -1.16. The highest BCUT2D eigenvalue weighted by atomic mass is 16.6. The summed E-state index contributed by atoms with van der Waals surface area (Å²) in [5, 5.41) is 21.8. The highest BCUT2D eigenvalue weighted by Gasteiger charge is 2.66. The zero-order valence-electron chi connectivity index (χ0n) is 15.6. The van der Waals surface area contributed by atoms with E-state index in [0.717, 1.165) is 11.1 Å². The van der Waals surface area contributed by atoms with Crippen LogP contribution in [0.2, 0.25) is 0 Å². The predicted octanol–water partition coefficient (Wildman–Crippen LogP) is 1.67. The van der Waals surface area contributed by atoms with E-state index in [1.807, 2.05) is 13.0 Å². The molecule has 1 heterocycles. The molecular weight excluding hydrogens is 336 g/mol. The van der Waals surface area contributed by atoms with Crippen molar-refractivity contribution in [3.05, 3.63) is 35.5 Å². The summed E-state index contributed by atoms with van der Waals surface area (Å²) in [6, 6.07) is 0. The molecule has 142 valence electrons. The highest BCUT2D eigenvalue weighted by Crippen LogP contribution is 2.56. The predicted molar refractivity (Wildman–Crippen MR) is 93.8 cm³/mol. The van der Waals surface area contributed by atoms with Crippen molar-refractivity contribution in [2.45, 2.75) is 58.5 Å². The Hall–Kier alpha value is -1.92. The van der Waals surface area contributed by atoms with Crippen molar-refractivity contribution in [3.63, 3.8) is 0 Å². The Labute approximate surface area is 153 Å². The third kappa shape index (κ3) is 2.63. The van der Waals surface area contributed by atoms with E-state index in [1.54, 1.807) is 20.8 Å². The first-order valence-corrected chi connectivity index (χ1v) is 8.87.